The first-order valence-corrected chi connectivity index (χ1v) is 8.46. The van der Waals surface area contributed by atoms with Gasteiger partial charge in [-0.25, -0.2) is 0 Å². The first kappa shape index (κ1) is 14.9. The number of benzene rings is 2. The van der Waals surface area contributed by atoms with Gasteiger partial charge in [0.25, 0.3) is 0 Å². The summed E-state index contributed by atoms with van der Waals surface area (Å²) in [4.78, 5) is 8.79. The number of likely N-dealkylation sites (N-methyl/N-ethyl adjacent to an activating group) is 1. The van der Waals surface area contributed by atoms with Crippen LogP contribution < -0.4 is 0 Å². The number of hydroxylamine groups is 2. The Morgan fingerprint density at radius 1 is 1.00 bits per heavy atom. The fraction of sp³-hybridized carbons (Fsp3) is 0.400. The standard InChI is InChI=1S/C20H24N2O/c1-15-19-18(14-22(15)13-16-9-5-3-6-10-16)20(23-21(19)2)17-11-7-4-8-12-17/h3-12,15,18-20H,13-14H2,1-2H3/t15-,18+,19-,20-/m0/s1. The minimum absolute atomic E-state index is 0.175. The average molecular weight is 308 g/mol. The molecule has 2 aliphatic heterocycles. The predicted octanol–water partition coefficient (Wildman–Crippen LogP) is 3.49. The minimum Gasteiger partial charge on any atom is -0.294 e. The molecule has 2 heterocycles. The number of rotatable bonds is 3. The van der Waals surface area contributed by atoms with Gasteiger partial charge in [-0.3, -0.25) is 9.74 Å². The molecule has 0 radical (unpaired) electrons. The van der Waals surface area contributed by atoms with Crippen LogP contribution in [0.25, 0.3) is 0 Å². The van der Waals surface area contributed by atoms with Gasteiger partial charge < -0.3 is 0 Å². The van der Waals surface area contributed by atoms with Crippen LogP contribution >= 0.6 is 0 Å². The largest absolute Gasteiger partial charge is 0.294 e. The molecular formula is C20H24N2O. The maximum atomic E-state index is 6.19. The summed E-state index contributed by atoms with van der Waals surface area (Å²) in [6.45, 7) is 4.44. The molecule has 0 spiro atoms. The van der Waals surface area contributed by atoms with Crippen molar-refractivity contribution in [1.29, 1.82) is 0 Å². The highest BCUT2D eigenvalue weighted by atomic mass is 16.7. The van der Waals surface area contributed by atoms with Crippen molar-refractivity contribution in [3.63, 3.8) is 0 Å². The topological polar surface area (TPSA) is 15.7 Å². The summed E-state index contributed by atoms with van der Waals surface area (Å²) in [6, 6.07) is 22.4. The molecule has 2 aliphatic rings. The second-order valence-electron chi connectivity index (χ2n) is 6.79. The molecule has 0 saturated carbocycles. The summed E-state index contributed by atoms with van der Waals surface area (Å²) >= 11 is 0. The Bertz CT molecular complexity index is 645. The van der Waals surface area contributed by atoms with E-state index in [1.54, 1.807) is 0 Å². The molecule has 4 atom stereocenters. The lowest BCUT2D eigenvalue weighted by atomic mass is 9.91. The lowest BCUT2D eigenvalue weighted by molar-refractivity contribution is -0.156. The second kappa shape index (κ2) is 6.08. The van der Waals surface area contributed by atoms with Crippen molar-refractivity contribution < 1.29 is 4.84 Å². The van der Waals surface area contributed by atoms with Gasteiger partial charge in [-0.15, -0.1) is 0 Å². The van der Waals surface area contributed by atoms with Crippen molar-refractivity contribution in [2.75, 3.05) is 13.6 Å². The van der Waals surface area contributed by atoms with E-state index in [0.29, 0.717) is 18.0 Å². The second-order valence-corrected chi connectivity index (χ2v) is 6.79. The van der Waals surface area contributed by atoms with Crippen LogP contribution in [0.4, 0.5) is 0 Å². The van der Waals surface area contributed by atoms with Crippen LogP contribution in [-0.2, 0) is 11.4 Å². The van der Waals surface area contributed by atoms with Crippen LogP contribution in [0.2, 0.25) is 0 Å². The van der Waals surface area contributed by atoms with Crippen LogP contribution in [0.5, 0.6) is 0 Å². The third-order valence-corrected chi connectivity index (χ3v) is 5.40. The third kappa shape index (κ3) is 2.69. The van der Waals surface area contributed by atoms with E-state index < -0.39 is 0 Å². The van der Waals surface area contributed by atoms with Gasteiger partial charge in [0.15, 0.2) is 0 Å². The lowest BCUT2D eigenvalue weighted by Crippen LogP contribution is -2.39. The molecule has 3 heteroatoms. The van der Waals surface area contributed by atoms with Crippen molar-refractivity contribution >= 4 is 0 Å². The van der Waals surface area contributed by atoms with Gasteiger partial charge in [0.1, 0.15) is 6.10 Å². The van der Waals surface area contributed by atoms with Crippen molar-refractivity contribution in [3.05, 3.63) is 71.8 Å². The van der Waals surface area contributed by atoms with E-state index in [0.717, 1.165) is 13.1 Å². The molecule has 3 nitrogen and oxygen atoms in total. The Morgan fingerprint density at radius 2 is 1.65 bits per heavy atom. The highest BCUT2D eigenvalue weighted by molar-refractivity contribution is 5.22. The number of likely N-dealkylation sites (tertiary alicyclic amines) is 1. The number of hydrogen-bond donors (Lipinski definition) is 0. The molecule has 0 bridgehead atoms. The Morgan fingerprint density at radius 3 is 2.35 bits per heavy atom. The summed E-state index contributed by atoms with van der Waals surface area (Å²) in [6.07, 6.45) is 0.175. The number of fused-ring (bicyclic) bond motifs is 1. The van der Waals surface area contributed by atoms with E-state index in [2.05, 4.69) is 84.6 Å². The van der Waals surface area contributed by atoms with E-state index >= 15 is 0 Å². The maximum absolute atomic E-state index is 6.19. The number of hydrogen-bond acceptors (Lipinski definition) is 3. The zero-order chi connectivity index (χ0) is 15.8. The fourth-order valence-corrected chi connectivity index (χ4v) is 4.27. The van der Waals surface area contributed by atoms with Crippen LogP contribution in [0.3, 0.4) is 0 Å². The maximum Gasteiger partial charge on any atom is 0.110 e. The van der Waals surface area contributed by atoms with Crippen molar-refractivity contribution in [3.8, 4) is 0 Å². The van der Waals surface area contributed by atoms with Gasteiger partial charge in [-0.05, 0) is 18.1 Å². The van der Waals surface area contributed by atoms with Crippen LogP contribution in [0.1, 0.15) is 24.2 Å². The quantitative estimate of drug-likeness (QED) is 0.863. The van der Waals surface area contributed by atoms with Gasteiger partial charge in [0, 0.05) is 32.1 Å². The van der Waals surface area contributed by atoms with Crippen LogP contribution in [0.15, 0.2) is 60.7 Å². The lowest BCUT2D eigenvalue weighted by Gasteiger charge is -2.28. The van der Waals surface area contributed by atoms with E-state index in [-0.39, 0.29) is 6.10 Å². The monoisotopic (exact) mass is 308 g/mol. The molecule has 0 unspecified atom stereocenters. The molecule has 0 amide bonds. The van der Waals surface area contributed by atoms with Crippen molar-refractivity contribution in [2.45, 2.75) is 31.7 Å². The molecule has 4 rings (SSSR count). The van der Waals surface area contributed by atoms with Gasteiger partial charge >= 0.3 is 0 Å². The highest BCUT2D eigenvalue weighted by Gasteiger charge is 2.51. The summed E-state index contributed by atoms with van der Waals surface area (Å²) < 4.78 is 0. The van der Waals surface area contributed by atoms with Crippen LogP contribution in [0, 0.1) is 5.92 Å². The van der Waals surface area contributed by atoms with Gasteiger partial charge in [-0.1, -0.05) is 60.7 Å². The first-order valence-electron chi connectivity index (χ1n) is 8.46. The molecule has 0 aliphatic carbocycles. The SMILES string of the molecule is C[C@H]1[C@H]2[C@@H](CN1Cc1ccccc1)[C@H](c1ccccc1)ON2C. The molecule has 120 valence electrons. The van der Waals surface area contributed by atoms with Crippen molar-refractivity contribution in [1.82, 2.24) is 9.96 Å². The molecule has 2 aromatic rings. The van der Waals surface area contributed by atoms with E-state index in [1.165, 1.54) is 11.1 Å². The average Bonchev–Trinajstić information content (AvgIpc) is 3.08. The Kier molecular flexibility index (Phi) is 3.93. The third-order valence-electron chi connectivity index (χ3n) is 5.40. The minimum atomic E-state index is 0.175. The smallest absolute Gasteiger partial charge is 0.110 e. The molecule has 2 fully saturated rings. The normalized spacial score (nSPS) is 31.4. The summed E-state index contributed by atoms with van der Waals surface area (Å²) in [5.74, 6) is 0.529. The Labute approximate surface area is 138 Å². The van der Waals surface area contributed by atoms with E-state index in [9.17, 15) is 0 Å². The molecule has 0 N–H and O–H groups in total. The van der Waals surface area contributed by atoms with Crippen LogP contribution in [-0.4, -0.2) is 35.6 Å². The highest BCUT2D eigenvalue weighted by Crippen LogP contribution is 2.44. The van der Waals surface area contributed by atoms with E-state index in [4.69, 9.17) is 4.84 Å². The fourth-order valence-electron chi connectivity index (χ4n) is 4.27. The summed E-state index contributed by atoms with van der Waals surface area (Å²) in [5.41, 5.74) is 2.68. The first-order chi connectivity index (χ1) is 11.2. The van der Waals surface area contributed by atoms with Gasteiger partial charge in [0.2, 0.25) is 0 Å². The van der Waals surface area contributed by atoms with E-state index in [1.807, 2.05) is 0 Å². The van der Waals surface area contributed by atoms with Gasteiger partial charge in [0.05, 0.1) is 6.04 Å². The molecular weight excluding hydrogens is 284 g/mol. The zero-order valence-electron chi connectivity index (χ0n) is 13.8. The molecule has 0 aromatic heterocycles. The summed E-state index contributed by atoms with van der Waals surface area (Å²) in [7, 11) is 2.09. The zero-order valence-corrected chi connectivity index (χ0v) is 13.8. The molecule has 2 saturated heterocycles. The molecule has 2 aromatic carbocycles. The number of nitrogens with zero attached hydrogens (tertiary/aromatic N) is 2. The van der Waals surface area contributed by atoms with Gasteiger partial charge in [-0.2, -0.15) is 5.06 Å². The molecule has 23 heavy (non-hydrogen) atoms. The van der Waals surface area contributed by atoms with Crippen molar-refractivity contribution in [2.24, 2.45) is 5.92 Å². The Hall–Kier alpha value is -1.68. The Balaban J connectivity index is 1.55. The summed E-state index contributed by atoms with van der Waals surface area (Å²) in [5, 5.41) is 2.10. The predicted molar refractivity (Wildman–Crippen MR) is 91.6 cm³/mol.